The van der Waals surface area contributed by atoms with Crippen molar-refractivity contribution in [1.29, 1.82) is 0 Å². The Morgan fingerprint density at radius 1 is 1.08 bits per heavy atom. The van der Waals surface area contributed by atoms with Crippen molar-refractivity contribution in [3.63, 3.8) is 0 Å². The molecule has 9 heteroatoms. The second-order valence-electron chi connectivity index (χ2n) is 5.26. The molecule has 0 radical (unpaired) electrons. The smallest absolute Gasteiger partial charge is 0.320 e. The number of carbonyl (C=O) groups excluding carboxylic acids is 1. The predicted octanol–water partition coefficient (Wildman–Crippen LogP) is 4.42. The molecule has 0 bridgehead atoms. The highest BCUT2D eigenvalue weighted by Gasteiger charge is 2.31. The lowest BCUT2D eigenvalue weighted by atomic mass is 10.1. The van der Waals surface area contributed by atoms with Crippen LogP contribution in [-0.2, 0) is 6.18 Å². The summed E-state index contributed by atoms with van der Waals surface area (Å²) in [6, 6.07) is 6.42. The topological polar surface area (TPSA) is 46.9 Å². The third kappa shape index (κ3) is 3.56. The van der Waals surface area contributed by atoms with Gasteiger partial charge in [0.1, 0.15) is 11.6 Å². The molecular formula is C17H10F5N3O. The summed E-state index contributed by atoms with van der Waals surface area (Å²) in [6.45, 7) is 0. The molecule has 3 rings (SSSR count). The molecule has 0 saturated heterocycles. The summed E-state index contributed by atoms with van der Waals surface area (Å²) in [5.41, 5.74) is -1.76. The third-order valence-corrected chi connectivity index (χ3v) is 3.50. The summed E-state index contributed by atoms with van der Waals surface area (Å²) < 4.78 is 67.2. The predicted molar refractivity (Wildman–Crippen MR) is 82.9 cm³/mol. The maximum absolute atomic E-state index is 13.7. The second kappa shape index (κ2) is 6.58. The monoisotopic (exact) mass is 367 g/mol. The number of halogens is 5. The Labute approximate surface area is 143 Å². The van der Waals surface area contributed by atoms with Gasteiger partial charge in [-0.1, -0.05) is 0 Å². The van der Waals surface area contributed by atoms with Crippen molar-refractivity contribution in [1.82, 2.24) is 9.78 Å². The highest BCUT2D eigenvalue weighted by atomic mass is 19.4. The Balaban J connectivity index is 2.04. The van der Waals surface area contributed by atoms with Crippen LogP contribution in [0.5, 0.6) is 0 Å². The minimum atomic E-state index is -4.65. The molecule has 3 aromatic rings. The van der Waals surface area contributed by atoms with E-state index in [4.69, 9.17) is 0 Å². The van der Waals surface area contributed by atoms with Crippen LogP contribution in [-0.4, -0.2) is 15.7 Å². The number of alkyl halides is 3. The van der Waals surface area contributed by atoms with E-state index in [0.29, 0.717) is 12.1 Å². The van der Waals surface area contributed by atoms with Gasteiger partial charge in [-0.15, -0.1) is 0 Å². The van der Waals surface area contributed by atoms with E-state index < -0.39 is 34.8 Å². The van der Waals surface area contributed by atoms with Crippen molar-refractivity contribution < 1.29 is 26.7 Å². The van der Waals surface area contributed by atoms with Crippen molar-refractivity contribution in [3.05, 3.63) is 77.6 Å². The molecule has 4 nitrogen and oxygen atoms in total. The molecule has 134 valence electrons. The molecule has 1 N–H and O–H groups in total. The summed E-state index contributed by atoms with van der Waals surface area (Å²) in [5, 5.41) is 6.09. The quantitative estimate of drug-likeness (QED) is 0.697. The normalized spacial score (nSPS) is 11.4. The van der Waals surface area contributed by atoms with Gasteiger partial charge in [-0.05, 0) is 42.5 Å². The Hall–Kier alpha value is -3.23. The molecule has 2 aromatic carbocycles. The average Bonchev–Trinajstić information content (AvgIpc) is 3.10. The Morgan fingerprint density at radius 3 is 2.50 bits per heavy atom. The molecule has 0 aliphatic rings. The Morgan fingerprint density at radius 2 is 1.85 bits per heavy atom. The van der Waals surface area contributed by atoms with Crippen LogP contribution >= 0.6 is 0 Å². The molecule has 0 saturated carbocycles. The van der Waals surface area contributed by atoms with Gasteiger partial charge in [0.15, 0.2) is 0 Å². The summed E-state index contributed by atoms with van der Waals surface area (Å²) in [4.78, 5) is 12.2. The van der Waals surface area contributed by atoms with Gasteiger partial charge < -0.3 is 5.32 Å². The Bertz CT molecular complexity index is 952. The summed E-state index contributed by atoms with van der Waals surface area (Å²) >= 11 is 0. The van der Waals surface area contributed by atoms with E-state index in [0.717, 1.165) is 24.3 Å². The van der Waals surface area contributed by atoms with Gasteiger partial charge >= 0.3 is 6.18 Å². The standard InChI is InChI=1S/C17H10F5N3O/c18-11-3-4-13(19)12(9-11)16(26)24-14-8-10(17(20,21)22)2-5-15(14)25-7-1-6-23-25/h1-9H,(H,24,26). The lowest BCUT2D eigenvalue weighted by molar-refractivity contribution is -0.137. The molecule has 26 heavy (non-hydrogen) atoms. The molecule has 0 aliphatic heterocycles. The van der Waals surface area contributed by atoms with Gasteiger partial charge in [-0.25, -0.2) is 13.5 Å². The summed E-state index contributed by atoms with van der Waals surface area (Å²) in [7, 11) is 0. The lowest BCUT2D eigenvalue weighted by Crippen LogP contribution is -2.17. The zero-order chi connectivity index (χ0) is 18.9. The number of hydrogen-bond donors (Lipinski definition) is 1. The van der Waals surface area contributed by atoms with Gasteiger partial charge in [0.05, 0.1) is 22.5 Å². The first-order valence-electron chi connectivity index (χ1n) is 7.23. The zero-order valence-corrected chi connectivity index (χ0v) is 12.9. The minimum Gasteiger partial charge on any atom is -0.320 e. The van der Waals surface area contributed by atoms with E-state index in [1.165, 1.54) is 23.1 Å². The van der Waals surface area contributed by atoms with E-state index in [9.17, 15) is 26.7 Å². The number of nitrogens with zero attached hydrogens (tertiary/aromatic N) is 2. The van der Waals surface area contributed by atoms with Crippen LogP contribution in [0.1, 0.15) is 15.9 Å². The number of benzene rings is 2. The van der Waals surface area contributed by atoms with Crippen LogP contribution < -0.4 is 5.32 Å². The zero-order valence-electron chi connectivity index (χ0n) is 12.9. The maximum atomic E-state index is 13.7. The first-order chi connectivity index (χ1) is 12.3. The van der Waals surface area contributed by atoms with Crippen LogP contribution in [0.15, 0.2) is 54.9 Å². The molecule has 0 atom stereocenters. The molecule has 0 unspecified atom stereocenters. The minimum absolute atomic E-state index is 0.133. The van der Waals surface area contributed by atoms with Gasteiger partial charge in [0, 0.05) is 12.4 Å². The Kier molecular flexibility index (Phi) is 4.45. The molecule has 1 amide bonds. The molecule has 0 aliphatic carbocycles. The molecule has 1 heterocycles. The average molecular weight is 367 g/mol. The van der Waals surface area contributed by atoms with Gasteiger partial charge in [0.2, 0.25) is 0 Å². The van der Waals surface area contributed by atoms with Crippen LogP contribution in [0.4, 0.5) is 27.6 Å². The number of carbonyl (C=O) groups is 1. The number of nitrogens with one attached hydrogen (secondary N) is 1. The van der Waals surface area contributed by atoms with Crippen molar-refractivity contribution in [3.8, 4) is 5.69 Å². The SMILES string of the molecule is O=C(Nc1cc(C(F)(F)F)ccc1-n1cccn1)c1cc(F)ccc1F. The van der Waals surface area contributed by atoms with E-state index in [-0.39, 0.29) is 11.4 Å². The van der Waals surface area contributed by atoms with Gasteiger partial charge in [0.25, 0.3) is 5.91 Å². The maximum Gasteiger partial charge on any atom is 0.416 e. The van der Waals surface area contributed by atoms with E-state index in [1.807, 2.05) is 0 Å². The summed E-state index contributed by atoms with van der Waals surface area (Å²) in [6.07, 6.45) is -1.79. The molecule has 1 aromatic heterocycles. The van der Waals surface area contributed by atoms with Crippen LogP contribution in [0, 0.1) is 11.6 Å². The van der Waals surface area contributed by atoms with Crippen molar-refractivity contribution in [2.75, 3.05) is 5.32 Å². The van der Waals surface area contributed by atoms with Crippen LogP contribution in [0.3, 0.4) is 0 Å². The fourth-order valence-corrected chi connectivity index (χ4v) is 2.28. The first kappa shape index (κ1) is 17.6. The highest BCUT2D eigenvalue weighted by molar-refractivity contribution is 6.05. The second-order valence-corrected chi connectivity index (χ2v) is 5.26. The first-order valence-corrected chi connectivity index (χ1v) is 7.23. The van der Waals surface area contributed by atoms with Gasteiger partial charge in [-0.2, -0.15) is 18.3 Å². The highest BCUT2D eigenvalue weighted by Crippen LogP contribution is 2.33. The van der Waals surface area contributed by atoms with Crippen molar-refractivity contribution in [2.45, 2.75) is 6.18 Å². The molecule has 0 spiro atoms. The number of rotatable bonds is 3. The number of aromatic nitrogens is 2. The van der Waals surface area contributed by atoms with Crippen molar-refractivity contribution in [2.24, 2.45) is 0 Å². The van der Waals surface area contributed by atoms with E-state index in [2.05, 4.69) is 10.4 Å². The largest absolute Gasteiger partial charge is 0.416 e. The van der Waals surface area contributed by atoms with E-state index >= 15 is 0 Å². The van der Waals surface area contributed by atoms with Crippen LogP contribution in [0.2, 0.25) is 0 Å². The molecular weight excluding hydrogens is 357 g/mol. The fraction of sp³-hybridized carbons (Fsp3) is 0.0588. The number of anilines is 1. The summed E-state index contributed by atoms with van der Waals surface area (Å²) in [5.74, 6) is -2.95. The fourth-order valence-electron chi connectivity index (χ4n) is 2.28. The lowest BCUT2D eigenvalue weighted by Gasteiger charge is -2.15. The van der Waals surface area contributed by atoms with Gasteiger partial charge in [-0.3, -0.25) is 4.79 Å². The van der Waals surface area contributed by atoms with Crippen molar-refractivity contribution >= 4 is 11.6 Å². The van der Waals surface area contributed by atoms with Crippen LogP contribution in [0.25, 0.3) is 5.69 Å². The van der Waals surface area contributed by atoms with E-state index in [1.54, 1.807) is 0 Å². The number of hydrogen-bond acceptors (Lipinski definition) is 2. The third-order valence-electron chi connectivity index (χ3n) is 3.50. The molecule has 0 fully saturated rings. The number of amides is 1.